The maximum absolute atomic E-state index is 12.7. The van der Waals surface area contributed by atoms with Crippen LogP contribution in [0.1, 0.15) is 26.7 Å². The van der Waals surface area contributed by atoms with Crippen LogP contribution in [0.25, 0.3) is 11.0 Å². The summed E-state index contributed by atoms with van der Waals surface area (Å²) >= 11 is 0. The number of aromatic nitrogens is 2. The van der Waals surface area contributed by atoms with Gasteiger partial charge in [0.25, 0.3) is 0 Å². The van der Waals surface area contributed by atoms with E-state index in [2.05, 4.69) is 13.8 Å². The number of ether oxygens (including phenoxy) is 1. The van der Waals surface area contributed by atoms with Crippen LogP contribution in [0, 0.1) is 5.92 Å². The van der Waals surface area contributed by atoms with Gasteiger partial charge in [0.05, 0.1) is 17.1 Å². The molecule has 1 fully saturated rings. The van der Waals surface area contributed by atoms with Crippen molar-refractivity contribution in [3.8, 4) is 0 Å². The van der Waals surface area contributed by atoms with Crippen LogP contribution in [0.5, 0.6) is 0 Å². The molecule has 0 bridgehead atoms. The van der Waals surface area contributed by atoms with Gasteiger partial charge in [-0.15, -0.1) is 0 Å². The molecule has 0 radical (unpaired) electrons. The number of hydrogen-bond donors (Lipinski definition) is 0. The van der Waals surface area contributed by atoms with Crippen LogP contribution < -0.4 is 5.69 Å². The highest BCUT2D eigenvalue weighted by atomic mass is 16.5. The molecule has 2 heterocycles. The molecule has 0 aliphatic carbocycles. The third kappa shape index (κ3) is 3.79. The fraction of sp³-hybridized carbons (Fsp3) is 0.579. The molecule has 0 N–H and O–H groups in total. The first-order chi connectivity index (χ1) is 12.0. The number of amides is 1. The second kappa shape index (κ2) is 7.44. The van der Waals surface area contributed by atoms with Crippen LogP contribution in [0.15, 0.2) is 29.1 Å². The van der Waals surface area contributed by atoms with Crippen molar-refractivity contribution in [3.63, 3.8) is 0 Å². The topological polar surface area (TPSA) is 56.5 Å². The highest BCUT2D eigenvalue weighted by Gasteiger charge is 2.24. The molecule has 1 amide bonds. The fourth-order valence-electron chi connectivity index (χ4n) is 3.35. The molecular weight excluding hydrogens is 318 g/mol. The quantitative estimate of drug-likeness (QED) is 0.833. The predicted octanol–water partition coefficient (Wildman–Crippen LogP) is 2.00. The first-order valence-electron chi connectivity index (χ1n) is 9.01. The molecule has 1 aliphatic heterocycles. The Morgan fingerprint density at radius 3 is 2.48 bits per heavy atom. The largest absolute Gasteiger partial charge is 0.378 e. The lowest BCUT2D eigenvalue weighted by molar-refractivity contribution is -0.134. The maximum Gasteiger partial charge on any atom is 0.329 e. The highest BCUT2D eigenvalue weighted by Crippen LogP contribution is 2.16. The summed E-state index contributed by atoms with van der Waals surface area (Å²) in [7, 11) is 1.74. The van der Waals surface area contributed by atoms with Gasteiger partial charge in [-0.05, 0) is 30.9 Å². The SMILES string of the molecule is CC(C)COC1CCN(C(=O)Cn2c(=O)n(C)c3ccccc32)CC1. The summed E-state index contributed by atoms with van der Waals surface area (Å²) in [6, 6.07) is 7.57. The van der Waals surface area contributed by atoms with Crippen molar-refractivity contribution in [3.05, 3.63) is 34.7 Å². The number of aryl methyl sites for hydroxylation is 1. The Morgan fingerprint density at radius 1 is 1.20 bits per heavy atom. The standard InChI is InChI=1S/C19H27N3O3/c1-14(2)13-25-15-8-10-21(11-9-15)18(23)12-22-17-7-5-4-6-16(17)20(3)19(22)24/h4-7,14-15H,8-13H2,1-3H3. The highest BCUT2D eigenvalue weighted by molar-refractivity contribution is 5.81. The summed E-state index contributed by atoms with van der Waals surface area (Å²) in [5.41, 5.74) is 1.50. The van der Waals surface area contributed by atoms with Crippen LogP contribution in [-0.4, -0.2) is 45.7 Å². The lowest BCUT2D eigenvalue weighted by Gasteiger charge is -2.32. The van der Waals surface area contributed by atoms with Crippen molar-refractivity contribution in [2.75, 3.05) is 19.7 Å². The molecule has 25 heavy (non-hydrogen) atoms. The van der Waals surface area contributed by atoms with E-state index in [1.165, 1.54) is 0 Å². The normalized spacial score (nSPS) is 16.1. The van der Waals surface area contributed by atoms with Gasteiger partial charge >= 0.3 is 5.69 Å². The lowest BCUT2D eigenvalue weighted by Crippen LogP contribution is -2.43. The summed E-state index contributed by atoms with van der Waals surface area (Å²) in [5, 5.41) is 0. The molecule has 6 nitrogen and oxygen atoms in total. The number of nitrogens with zero attached hydrogens (tertiary/aromatic N) is 3. The molecule has 2 aromatic rings. The molecule has 6 heteroatoms. The van der Waals surface area contributed by atoms with Crippen LogP contribution in [-0.2, 0) is 23.1 Å². The Labute approximate surface area is 148 Å². The van der Waals surface area contributed by atoms with Gasteiger partial charge in [-0.1, -0.05) is 26.0 Å². The van der Waals surface area contributed by atoms with Crippen LogP contribution >= 0.6 is 0 Å². The molecule has 136 valence electrons. The van der Waals surface area contributed by atoms with Gasteiger partial charge in [0.1, 0.15) is 6.54 Å². The average Bonchev–Trinajstić information content (AvgIpc) is 2.85. The number of rotatable bonds is 5. The molecule has 1 saturated heterocycles. The zero-order valence-corrected chi connectivity index (χ0v) is 15.3. The van der Waals surface area contributed by atoms with E-state index >= 15 is 0 Å². The molecule has 0 saturated carbocycles. The molecule has 0 unspecified atom stereocenters. The Kier molecular flexibility index (Phi) is 5.27. The molecule has 0 atom stereocenters. The van der Waals surface area contributed by atoms with Crippen molar-refractivity contribution in [2.24, 2.45) is 13.0 Å². The van der Waals surface area contributed by atoms with Gasteiger partial charge in [0.2, 0.25) is 5.91 Å². The van der Waals surface area contributed by atoms with Crippen molar-refractivity contribution in [1.82, 2.24) is 14.0 Å². The minimum Gasteiger partial charge on any atom is -0.378 e. The van der Waals surface area contributed by atoms with E-state index in [4.69, 9.17) is 4.74 Å². The predicted molar refractivity (Wildman–Crippen MR) is 97.6 cm³/mol. The monoisotopic (exact) mass is 345 g/mol. The summed E-state index contributed by atoms with van der Waals surface area (Å²) < 4.78 is 9.03. The molecule has 1 aliphatic rings. The zero-order valence-electron chi connectivity index (χ0n) is 15.3. The van der Waals surface area contributed by atoms with E-state index in [0.717, 1.165) is 30.5 Å². The number of carbonyl (C=O) groups is 1. The third-order valence-electron chi connectivity index (χ3n) is 4.81. The molecule has 1 aromatic carbocycles. The Morgan fingerprint density at radius 2 is 1.84 bits per heavy atom. The minimum atomic E-state index is -0.148. The number of fused-ring (bicyclic) bond motifs is 1. The molecule has 3 rings (SSSR count). The van der Waals surface area contributed by atoms with Gasteiger partial charge in [0, 0.05) is 26.7 Å². The second-order valence-corrected chi connectivity index (χ2v) is 7.22. The minimum absolute atomic E-state index is 0.000706. The zero-order chi connectivity index (χ0) is 18.0. The van der Waals surface area contributed by atoms with Crippen molar-refractivity contribution < 1.29 is 9.53 Å². The van der Waals surface area contributed by atoms with Crippen molar-refractivity contribution in [1.29, 1.82) is 0 Å². The second-order valence-electron chi connectivity index (χ2n) is 7.22. The van der Waals surface area contributed by atoms with E-state index in [0.29, 0.717) is 19.0 Å². The smallest absolute Gasteiger partial charge is 0.329 e. The van der Waals surface area contributed by atoms with Crippen LogP contribution in [0.2, 0.25) is 0 Å². The summed E-state index contributed by atoms with van der Waals surface area (Å²) in [6.45, 7) is 6.53. The summed E-state index contributed by atoms with van der Waals surface area (Å²) in [6.07, 6.45) is 1.97. The number of benzene rings is 1. The molecule has 1 aromatic heterocycles. The number of hydrogen-bond acceptors (Lipinski definition) is 3. The van der Waals surface area contributed by atoms with E-state index in [9.17, 15) is 9.59 Å². The van der Waals surface area contributed by atoms with E-state index in [1.807, 2.05) is 29.2 Å². The molecular formula is C19H27N3O3. The van der Waals surface area contributed by atoms with Crippen LogP contribution in [0.3, 0.4) is 0 Å². The van der Waals surface area contributed by atoms with Gasteiger partial charge < -0.3 is 9.64 Å². The fourth-order valence-corrected chi connectivity index (χ4v) is 3.35. The number of carbonyl (C=O) groups excluding carboxylic acids is 1. The maximum atomic E-state index is 12.7. The first-order valence-corrected chi connectivity index (χ1v) is 9.01. The third-order valence-corrected chi connectivity index (χ3v) is 4.81. The van der Waals surface area contributed by atoms with E-state index in [-0.39, 0.29) is 24.2 Å². The Hall–Kier alpha value is -2.08. The Balaban J connectivity index is 1.64. The summed E-state index contributed by atoms with van der Waals surface area (Å²) in [5.74, 6) is 0.527. The molecule has 0 spiro atoms. The van der Waals surface area contributed by atoms with E-state index in [1.54, 1.807) is 16.2 Å². The summed E-state index contributed by atoms with van der Waals surface area (Å²) in [4.78, 5) is 27.0. The van der Waals surface area contributed by atoms with Crippen molar-refractivity contribution in [2.45, 2.75) is 39.3 Å². The number of imidazole rings is 1. The lowest BCUT2D eigenvalue weighted by atomic mass is 10.1. The van der Waals surface area contributed by atoms with Gasteiger partial charge in [-0.25, -0.2) is 4.79 Å². The number of para-hydroxylation sites is 2. The van der Waals surface area contributed by atoms with Crippen molar-refractivity contribution >= 4 is 16.9 Å². The van der Waals surface area contributed by atoms with Gasteiger partial charge in [0.15, 0.2) is 0 Å². The average molecular weight is 345 g/mol. The van der Waals surface area contributed by atoms with Crippen LogP contribution in [0.4, 0.5) is 0 Å². The van der Waals surface area contributed by atoms with Gasteiger partial charge in [-0.2, -0.15) is 0 Å². The number of likely N-dealkylation sites (tertiary alicyclic amines) is 1. The first kappa shape index (κ1) is 17.7. The van der Waals surface area contributed by atoms with E-state index < -0.39 is 0 Å². The number of piperidine rings is 1. The Bertz CT molecular complexity index is 798. The van der Waals surface area contributed by atoms with Gasteiger partial charge in [-0.3, -0.25) is 13.9 Å².